The van der Waals surface area contributed by atoms with Gasteiger partial charge in [0.15, 0.2) is 0 Å². The van der Waals surface area contributed by atoms with E-state index in [1.54, 1.807) is 0 Å². The highest BCUT2D eigenvalue weighted by molar-refractivity contribution is 9.10. The van der Waals surface area contributed by atoms with Gasteiger partial charge in [0, 0.05) is 11.0 Å². The lowest BCUT2D eigenvalue weighted by Crippen LogP contribution is -2.02. The number of aryl methyl sites for hydroxylation is 2. The van der Waals surface area contributed by atoms with Crippen LogP contribution in [-0.4, -0.2) is 0 Å². The van der Waals surface area contributed by atoms with E-state index in [1.165, 1.54) is 27.9 Å². The zero-order valence-electron chi connectivity index (χ0n) is 12.6. The summed E-state index contributed by atoms with van der Waals surface area (Å²) in [5.41, 5.74) is 6.43. The molecule has 2 aromatic rings. The van der Waals surface area contributed by atoms with Gasteiger partial charge in [0.25, 0.3) is 0 Å². The molecule has 0 aliphatic carbocycles. The van der Waals surface area contributed by atoms with Gasteiger partial charge in [-0.1, -0.05) is 44.2 Å². The number of hydrogen-bond acceptors (Lipinski definition) is 1. The Morgan fingerprint density at radius 1 is 1.05 bits per heavy atom. The first-order chi connectivity index (χ1) is 9.47. The van der Waals surface area contributed by atoms with Crippen LogP contribution in [0, 0.1) is 13.8 Å². The van der Waals surface area contributed by atoms with Gasteiger partial charge in [-0.15, -0.1) is 0 Å². The van der Waals surface area contributed by atoms with Crippen molar-refractivity contribution in [2.45, 2.75) is 40.2 Å². The Hall–Kier alpha value is -1.28. The largest absolute Gasteiger partial charge is 0.380 e. The molecular formula is C18H22BrN. The summed E-state index contributed by atoms with van der Waals surface area (Å²) in [4.78, 5) is 0. The van der Waals surface area contributed by atoms with E-state index in [9.17, 15) is 0 Å². The molecule has 0 bridgehead atoms. The van der Waals surface area contributed by atoms with Crippen molar-refractivity contribution in [2.24, 2.45) is 0 Å². The molecule has 0 radical (unpaired) electrons. The fourth-order valence-electron chi connectivity index (χ4n) is 2.35. The minimum atomic E-state index is 0.588. The van der Waals surface area contributed by atoms with Crippen LogP contribution < -0.4 is 5.32 Å². The van der Waals surface area contributed by atoms with E-state index < -0.39 is 0 Å². The Kier molecular flexibility index (Phi) is 4.87. The minimum absolute atomic E-state index is 0.588. The van der Waals surface area contributed by atoms with Crippen molar-refractivity contribution < 1.29 is 0 Å². The lowest BCUT2D eigenvalue weighted by atomic mass is 10.0. The third kappa shape index (κ3) is 3.63. The highest BCUT2D eigenvalue weighted by Crippen LogP contribution is 2.28. The van der Waals surface area contributed by atoms with Gasteiger partial charge in [-0.05, 0) is 64.0 Å². The molecule has 1 N–H and O–H groups in total. The number of halogens is 1. The lowest BCUT2D eigenvalue weighted by molar-refractivity contribution is 0.865. The first-order valence-electron chi connectivity index (χ1n) is 7.07. The maximum absolute atomic E-state index is 3.64. The molecule has 0 unspecified atom stereocenters. The van der Waals surface area contributed by atoms with Gasteiger partial charge in [-0.25, -0.2) is 0 Å². The molecule has 0 saturated carbocycles. The van der Waals surface area contributed by atoms with E-state index in [1.807, 2.05) is 0 Å². The molecule has 0 spiro atoms. The van der Waals surface area contributed by atoms with Crippen LogP contribution in [0.5, 0.6) is 0 Å². The smallest absolute Gasteiger partial charge is 0.0517 e. The van der Waals surface area contributed by atoms with Crippen molar-refractivity contribution in [1.29, 1.82) is 0 Å². The Morgan fingerprint density at radius 2 is 1.70 bits per heavy atom. The van der Waals surface area contributed by atoms with Gasteiger partial charge in [0.05, 0.1) is 5.69 Å². The molecule has 106 valence electrons. The summed E-state index contributed by atoms with van der Waals surface area (Å²) in [6.07, 6.45) is 0. The molecular weight excluding hydrogens is 310 g/mol. The van der Waals surface area contributed by atoms with Crippen molar-refractivity contribution in [3.8, 4) is 0 Å². The minimum Gasteiger partial charge on any atom is -0.380 e. The zero-order chi connectivity index (χ0) is 14.7. The highest BCUT2D eigenvalue weighted by atomic mass is 79.9. The molecule has 2 rings (SSSR count). The molecule has 2 heteroatoms. The molecule has 0 aliphatic heterocycles. The average Bonchev–Trinajstić information content (AvgIpc) is 2.38. The number of hydrogen-bond donors (Lipinski definition) is 1. The van der Waals surface area contributed by atoms with E-state index in [0.717, 1.165) is 11.0 Å². The normalized spacial score (nSPS) is 10.9. The van der Waals surface area contributed by atoms with Crippen molar-refractivity contribution >= 4 is 21.6 Å². The van der Waals surface area contributed by atoms with Crippen LogP contribution in [0.2, 0.25) is 0 Å². The van der Waals surface area contributed by atoms with E-state index in [2.05, 4.69) is 85.3 Å². The fraction of sp³-hybridized carbons (Fsp3) is 0.333. The van der Waals surface area contributed by atoms with Crippen molar-refractivity contribution in [3.05, 3.63) is 63.1 Å². The maximum Gasteiger partial charge on any atom is 0.0517 e. The maximum atomic E-state index is 3.64. The van der Waals surface area contributed by atoms with E-state index >= 15 is 0 Å². The van der Waals surface area contributed by atoms with Crippen LogP contribution in [0.3, 0.4) is 0 Å². The predicted molar refractivity (Wildman–Crippen MR) is 91.5 cm³/mol. The molecule has 0 heterocycles. The van der Waals surface area contributed by atoms with Gasteiger partial charge in [0.2, 0.25) is 0 Å². The van der Waals surface area contributed by atoms with Crippen LogP contribution in [0.25, 0.3) is 0 Å². The van der Waals surface area contributed by atoms with Crippen molar-refractivity contribution in [3.63, 3.8) is 0 Å². The van der Waals surface area contributed by atoms with Gasteiger partial charge < -0.3 is 5.32 Å². The molecule has 20 heavy (non-hydrogen) atoms. The third-order valence-corrected chi connectivity index (χ3v) is 4.17. The standard InChI is InChI=1S/C18H22BrN/c1-12(2)16-7-5-15(6-8-16)11-20-18-14(4)9-13(3)10-17(18)19/h5-10,12,20H,11H2,1-4H3. The van der Waals surface area contributed by atoms with E-state index in [-0.39, 0.29) is 0 Å². The first-order valence-corrected chi connectivity index (χ1v) is 7.86. The molecule has 0 saturated heterocycles. The average molecular weight is 332 g/mol. The Labute approximate surface area is 130 Å². The summed E-state index contributed by atoms with van der Waals surface area (Å²) in [5, 5.41) is 3.53. The van der Waals surface area contributed by atoms with E-state index in [4.69, 9.17) is 0 Å². The third-order valence-electron chi connectivity index (χ3n) is 3.55. The molecule has 0 amide bonds. The molecule has 0 atom stereocenters. The number of benzene rings is 2. The predicted octanol–water partition coefficient (Wildman–Crippen LogP) is 5.80. The zero-order valence-corrected chi connectivity index (χ0v) is 14.2. The topological polar surface area (TPSA) is 12.0 Å². The molecule has 0 fully saturated rings. The number of anilines is 1. The SMILES string of the molecule is Cc1cc(C)c(NCc2ccc(C(C)C)cc2)c(Br)c1. The molecule has 2 aromatic carbocycles. The quantitative estimate of drug-likeness (QED) is 0.746. The van der Waals surface area contributed by atoms with E-state index in [0.29, 0.717) is 5.92 Å². The second-order valence-electron chi connectivity index (χ2n) is 5.69. The van der Waals surface area contributed by atoms with Crippen LogP contribution >= 0.6 is 15.9 Å². The Morgan fingerprint density at radius 3 is 2.25 bits per heavy atom. The summed E-state index contributed by atoms with van der Waals surface area (Å²) in [6.45, 7) is 9.55. The van der Waals surface area contributed by atoms with Crippen LogP contribution in [0.4, 0.5) is 5.69 Å². The van der Waals surface area contributed by atoms with Crippen molar-refractivity contribution in [1.82, 2.24) is 0 Å². The van der Waals surface area contributed by atoms with Gasteiger partial charge >= 0.3 is 0 Å². The van der Waals surface area contributed by atoms with Crippen molar-refractivity contribution in [2.75, 3.05) is 5.32 Å². The van der Waals surface area contributed by atoms with Gasteiger partial charge in [-0.2, -0.15) is 0 Å². The summed E-state index contributed by atoms with van der Waals surface area (Å²) in [5.74, 6) is 0.588. The fourth-order valence-corrected chi connectivity index (χ4v) is 3.16. The summed E-state index contributed by atoms with van der Waals surface area (Å²) in [6, 6.07) is 13.2. The second-order valence-corrected chi connectivity index (χ2v) is 6.54. The van der Waals surface area contributed by atoms with Gasteiger partial charge in [0.1, 0.15) is 0 Å². The molecule has 0 aromatic heterocycles. The highest BCUT2D eigenvalue weighted by Gasteiger charge is 2.05. The van der Waals surface area contributed by atoms with Crippen LogP contribution in [-0.2, 0) is 6.54 Å². The van der Waals surface area contributed by atoms with Crippen LogP contribution in [0.15, 0.2) is 40.9 Å². The lowest BCUT2D eigenvalue weighted by Gasteiger charge is -2.13. The van der Waals surface area contributed by atoms with Gasteiger partial charge in [-0.3, -0.25) is 0 Å². The summed E-state index contributed by atoms with van der Waals surface area (Å²) < 4.78 is 1.13. The summed E-state index contributed by atoms with van der Waals surface area (Å²) in [7, 11) is 0. The summed E-state index contributed by atoms with van der Waals surface area (Å²) >= 11 is 3.64. The number of nitrogens with one attached hydrogen (secondary N) is 1. The Balaban J connectivity index is 2.09. The second kappa shape index (κ2) is 6.45. The number of rotatable bonds is 4. The first kappa shape index (κ1) is 15.1. The molecule has 0 aliphatic rings. The van der Waals surface area contributed by atoms with Crippen LogP contribution in [0.1, 0.15) is 42.0 Å². The monoisotopic (exact) mass is 331 g/mol. The Bertz CT molecular complexity index is 562. The molecule has 1 nitrogen and oxygen atoms in total.